The average molecular weight is 601 g/mol. The quantitative estimate of drug-likeness (QED) is 0.291. The summed E-state index contributed by atoms with van der Waals surface area (Å²) in [5.74, 6) is -3.16. The number of benzene rings is 2. The van der Waals surface area contributed by atoms with Crippen LogP contribution in [-0.4, -0.2) is 59.0 Å². The van der Waals surface area contributed by atoms with Crippen LogP contribution in [0.25, 0.3) is 0 Å². The summed E-state index contributed by atoms with van der Waals surface area (Å²) < 4.78 is 27.3. The molecule has 39 heavy (non-hydrogen) atoms. The lowest BCUT2D eigenvalue weighted by Crippen LogP contribution is -2.48. The zero-order chi connectivity index (χ0) is 28.0. The Morgan fingerprint density at radius 1 is 1.08 bits per heavy atom. The second kappa shape index (κ2) is 12.1. The summed E-state index contributed by atoms with van der Waals surface area (Å²) in [4.78, 5) is 42.0. The molecule has 1 aliphatic rings. The zero-order valence-corrected chi connectivity index (χ0v) is 22.5. The lowest BCUT2D eigenvalue weighted by atomic mass is 10.1. The highest BCUT2D eigenvalue weighted by Crippen LogP contribution is 2.33. The van der Waals surface area contributed by atoms with Crippen molar-refractivity contribution in [3.05, 3.63) is 76.4 Å². The molecule has 12 heteroatoms. The maximum atomic E-state index is 15.8. The molecule has 1 aromatic heterocycles. The minimum atomic E-state index is -2.02. The molecule has 3 aromatic rings. The van der Waals surface area contributed by atoms with Crippen LogP contribution in [0.5, 0.6) is 11.6 Å². The molecule has 4 rings (SSSR count). The summed E-state index contributed by atoms with van der Waals surface area (Å²) in [6.45, 7) is -0.167. The Balaban J connectivity index is 1.38. The standard InChI is InChI=1S/C27H26BrFN4O6/c1-38-24-22(32-26(37)31-21-6-3-2-5-20(21)28)12-9-18(30-24)15-23(34)33-14-4-13-27(33,29)16-39-19-10-7-17(8-11-19)25(35)36/h2-3,5-12H,4,13-16H2,1H3,(H,35,36)(H2,31,32,37)/t27-/m1/s1. The molecular formula is C27H26BrFN4O6. The van der Waals surface area contributed by atoms with Gasteiger partial charge in [0.15, 0.2) is 0 Å². The number of aromatic carboxylic acids is 1. The molecule has 0 bridgehead atoms. The summed E-state index contributed by atoms with van der Waals surface area (Å²) in [6.07, 6.45) is 0.396. The number of carboxylic acids is 1. The first-order valence-electron chi connectivity index (χ1n) is 12.0. The topological polar surface area (TPSA) is 130 Å². The number of anilines is 2. The van der Waals surface area contributed by atoms with E-state index in [1.807, 2.05) is 6.07 Å². The smallest absolute Gasteiger partial charge is 0.335 e. The van der Waals surface area contributed by atoms with Crippen molar-refractivity contribution in [1.29, 1.82) is 0 Å². The van der Waals surface area contributed by atoms with Gasteiger partial charge in [0.1, 0.15) is 18.0 Å². The molecule has 2 heterocycles. The maximum Gasteiger partial charge on any atom is 0.335 e. The van der Waals surface area contributed by atoms with Crippen LogP contribution in [0, 0.1) is 0 Å². The van der Waals surface area contributed by atoms with Gasteiger partial charge in [-0.15, -0.1) is 0 Å². The molecule has 0 saturated carbocycles. The number of hydrogen-bond donors (Lipinski definition) is 3. The Morgan fingerprint density at radius 3 is 2.49 bits per heavy atom. The van der Waals surface area contributed by atoms with Gasteiger partial charge in [0.2, 0.25) is 17.6 Å². The molecule has 2 aromatic carbocycles. The molecule has 1 fully saturated rings. The predicted molar refractivity (Wildman–Crippen MR) is 145 cm³/mol. The molecule has 0 unspecified atom stereocenters. The number of alkyl halides is 1. The van der Waals surface area contributed by atoms with E-state index < -0.39 is 30.3 Å². The highest BCUT2D eigenvalue weighted by atomic mass is 79.9. The van der Waals surface area contributed by atoms with Crippen molar-refractivity contribution in [1.82, 2.24) is 9.88 Å². The summed E-state index contributed by atoms with van der Waals surface area (Å²) in [7, 11) is 1.39. The number of likely N-dealkylation sites (tertiary alicyclic amines) is 1. The Labute approximate surface area is 232 Å². The van der Waals surface area contributed by atoms with E-state index in [4.69, 9.17) is 14.6 Å². The predicted octanol–water partition coefficient (Wildman–Crippen LogP) is 5.10. The van der Waals surface area contributed by atoms with E-state index in [1.165, 1.54) is 31.4 Å². The highest BCUT2D eigenvalue weighted by molar-refractivity contribution is 9.10. The number of aromatic nitrogens is 1. The molecule has 1 saturated heterocycles. The third kappa shape index (κ3) is 6.82. The number of rotatable bonds is 9. The Morgan fingerprint density at radius 2 is 1.79 bits per heavy atom. The van der Waals surface area contributed by atoms with E-state index in [1.54, 1.807) is 30.3 Å². The fraction of sp³-hybridized carbons (Fsp3) is 0.259. The summed E-state index contributed by atoms with van der Waals surface area (Å²) in [6, 6.07) is 15.4. The fourth-order valence-electron chi connectivity index (χ4n) is 4.15. The minimum Gasteiger partial charge on any atom is -0.488 e. The number of carboxylic acid groups (broad SMARTS) is 1. The van der Waals surface area contributed by atoms with Crippen LogP contribution >= 0.6 is 15.9 Å². The number of urea groups is 1. The zero-order valence-electron chi connectivity index (χ0n) is 20.9. The van der Waals surface area contributed by atoms with Crippen molar-refractivity contribution in [3.63, 3.8) is 0 Å². The third-order valence-corrected chi connectivity index (χ3v) is 6.79. The molecule has 3 amide bonds. The van der Waals surface area contributed by atoms with Crippen molar-refractivity contribution in [2.75, 3.05) is 30.9 Å². The average Bonchev–Trinajstić information content (AvgIpc) is 3.31. The van der Waals surface area contributed by atoms with E-state index in [0.717, 1.165) is 4.90 Å². The molecule has 0 spiro atoms. The van der Waals surface area contributed by atoms with E-state index in [0.29, 0.717) is 33.7 Å². The number of methoxy groups -OCH3 is 1. The summed E-state index contributed by atoms with van der Waals surface area (Å²) >= 11 is 3.37. The summed E-state index contributed by atoms with van der Waals surface area (Å²) in [5.41, 5.74) is 1.30. The van der Waals surface area contributed by atoms with Gasteiger partial charge in [0, 0.05) is 17.4 Å². The van der Waals surface area contributed by atoms with Gasteiger partial charge in [0.05, 0.1) is 30.5 Å². The van der Waals surface area contributed by atoms with Gasteiger partial charge in [-0.05, 0) is 70.9 Å². The Kier molecular flexibility index (Phi) is 8.65. The molecule has 0 aliphatic carbocycles. The minimum absolute atomic E-state index is 0.0871. The molecule has 10 nitrogen and oxygen atoms in total. The van der Waals surface area contributed by atoms with Crippen LogP contribution in [0.4, 0.5) is 20.6 Å². The summed E-state index contributed by atoms with van der Waals surface area (Å²) in [5, 5.41) is 14.4. The number of ether oxygens (including phenoxy) is 2. The van der Waals surface area contributed by atoms with E-state index in [-0.39, 0.29) is 30.8 Å². The van der Waals surface area contributed by atoms with Crippen LogP contribution in [0.2, 0.25) is 0 Å². The van der Waals surface area contributed by atoms with E-state index >= 15 is 4.39 Å². The van der Waals surface area contributed by atoms with E-state index in [9.17, 15) is 14.4 Å². The maximum absolute atomic E-state index is 15.8. The van der Waals surface area contributed by atoms with Gasteiger partial charge in [-0.25, -0.2) is 19.0 Å². The highest BCUT2D eigenvalue weighted by Gasteiger charge is 2.45. The van der Waals surface area contributed by atoms with Crippen molar-refractivity contribution in [2.24, 2.45) is 0 Å². The number of amides is 3. The second-order valence-corrected chi connectivity index (χ2v) is 9.63. The molecule has 0 radical (unpaired) electrons. The molecular weight excluding hydrogens is 575 g/mol. The van der Waals surface area contributed by atoms with Crippen LogP contribution in [0.15, 0.2) is 65.1 Å². The van der Waals surface area contributed by atoms with Crippen LogP contribution in [0.1, 0.15) is 28.9 Å². The number of carbonyl (C=O) groups is 3. The number of para-hydroxylation sites is 1. The molecule has 3 N–H and O–H groups in total. The number of nitrogens with one attached hydrogen (secondary N) is 2. The molecule has 1 aliphatic heterocycles. The van der Waals surface area contributed by atoms with Crippen molar-refractivity contribution >= 4 is 45.2 Å². The van der Waals surface area contributed by atoms with Gasteiger partial charge in [-0.3, -0.25) is 4.79 Å². The number of nitrogens with zero attached hydrogens (tertiary/aromatic N) is 2. The van der Waals surface area contributed by atoms with Gasteiger partial charge < -0.3 is 30.1 Å². The van der Waals surface area contributed by atoms with Crippen molar-refractivity contribution < 1.29 is 33.4 Å². The lowest BCUT2D eigenvalue weighted by Gasteiger charge is -2.31. The first-order valence-corrected chi connectivity index (χ1v) is 12.8. The molecule has 1 atom stereocenters. The number of hydrogen-bond acceptors (Lipinski definition) is 6. The number of carbonyl (C=O) groups excluding carboxylic acids is 2. The normalized spacial score (nSPS) is 16.4. The SMILES string of the molecule is COc1nc(CC(=O)N2CCC[C@]2(F)COc2ccc(C(=O)O)cc2)ccc1NC(=O)Nc1ccccc1Br. The van der Waals surface area contributed by atoms with Gasteiger partial charge >= 0.3 is 12.0 Å². The van der Waals surface area contributed by atoms with E-state index in [2.05, 4.69) is 31.5 Å². The van der Waals surface area contributed by atoms with Gasteiger partial charge in [-0.1, -0.05) is 12.1 Å². The van der Waals surface area contributed by atoms with Gasteiger partial charge in [0.25, 0.3) is 0 Å². The lowest BCUT2D eigenvalue weighted by molar-refractivity contribution is -0.144. The van der Waals surface area contributed by atoms with Crippen molar-refractivity contribution in [3.8, 4) is 11.6 Å². The van der Waals surface area contributed by atoms with Crippen LogP contribution in [-0.2, 0) is 11.2 Å². The van der Waals surface area contributed by atoms with Crippen LogP contribution in [0.3, 0.4) is 0 Å². The first-order chi connectivity index (χ1) is 18.7. The monoisotopic (exact) mass is 600 g/mol. The third-order valence-electron chi connectivity index (χ3n) is 6.10. The fourth-order valence-corrected chi connectivity index (χ4v) is 4.53. The van der Waals surface area contributed by atoms with Crippen LogP contribution < -0.4 is 20.1 Å². The number of pyridine rings is 1. The number of halogens is 2. The first kappa shape index (κ1) is 27.8. The Bertz CT molecular complexity index is 1370. The Hall–Kier alpha value is -4.19. The largest absolute Gasteiger partial charge is 0.488 e. The van der Waals surface area contributed by atoms with Gasteiger partial charge in [-0.2, -0.15) is 0 Å². The second-order valence-electron chi connectivity index (χ2n) is 8.78. The molecule has 204 valence electrons. The van der Waals surface area contributed by atoms with Crippen molar-refractivity contribution in [2.45, 2.75) is 25.1 Å².